The van der Waals surface area contributed by atoms with Crippen LogP contribution < -0.4 is 0 Å². The van der Waals surface area contributed by atoms with Crippen LogP contribution in [0.15, 0.2) is 11.6 Å². The lowest BCUT2D eigenvalue weighted by atomic mass is 9.47. The molecule has 0 radical (unpaired) electrons. The molecule has 0 heterocycles. The summed E-state index contributed by atoms with van der Waals surface area (Å²) in [7, 11) is 0. The van der Waals surface area contributed by atoms with Gasteiger partial charge in [-0.05, 0) is 97.7 Å². The van der Waals surface area contributed by atoms with Gasteiger partial charge in [-0.25, -0.2) is 0 Å². The Morgan fingerprint density at radius 2 is 1.85 bits per heavy atom. The summed E-state index contributed by atoms with van der Waals surface area (Å²) in [4.78, 5) is 12.4. The molecule has 4 aliphatic carbocycles. The molecule has 0 aliphatic heterocycles. The van der Waals surface area contributed by atoms with E-state index in [0.29, 0.717) is 11.8 Å². The monoisotopic (exact) mass is 534 g/mol. The highest BCUT2D eigenvalue weighted by atomic mass is 79.9. The highest BCUT2D eigenvalue weighted by Crippen LogP contribution is 2.67. The standard InChI is InChI=1S/C31H51BrO2/c1-7-9-28(33)34-27-17-19-31(6)25-16-18-30(5)23(21(4)11-8-10-20(2)3)14-15-24(30)22(25)12-13-26(31)29(27)32/h13,20-25,27,29H,7-12,14-19H2,1-6H3/t21-,22+,23-,24+,25+,27+,29?,30-,31-/m1/s1. The Morgan fingerprint density at radius 1 is 1.09 bits per heavy atom. The molecule has 0 spiro atoms. The molecule has 0 aromatic heterocycles. The Balaban J connectivity index is 1.47. The van der Waals surface area contributed by atoms with Crippen molar-refractivity contribution >= 4 is 21.9 Å². The van der Waals surface area contributed by atoms with Gasteiger partial charge in [0, 0.05) is 6.42 Å². The van der Waals surface area contributed by atoms with E-state index < -0.39 is 0 Å². The van der Waals surface area contributed by atoms with Crippen molar-refractivity contribution in [3.63, 3.8) is 0 Å². The molecule has 0 aromatic rings. The number of allylic oxidation sites excluding steroid dienone is 1. The number of carbonyl (C=O) groups excluding carboxylic acids is 1. The zero-order valence-electron chi connectivity index (χ0n) is 22.9. The molecule has 0 amide bonds. The van der Waals surface area contributed by atoms with Crippen LogP contribution in [0.2, 0.25) is 0 Å². The first kappa shape index (κ1) is 26.7. The summed E-state index contributed by atoms with van der Waals surface area (Å²) in [6.45, 7) is 14.6. The molecule has 194 valence electrons. The summed E-state index contributed by atoms with van der Waals surface area (Å²) >= 11 is 4.01. The van der Waals surface area contributed by atoms with Crippen LogP contribution in [0.25, 0.3) is 0 Å². The Labute approximate surface area is 218 Å². The van der Waals surface area contributed by atoms with Gasteiger partial charge in [0.1, 0.15) is 6.10 Å². The lowest BCUT2D eigenvalue weighted by Crippen LogP contribution is -2.53. The Hall–Kier alpha value is -0.310. The highest BCUT2D eigenvalue weighted by Gasteiger charge is 2.60. The maximum absolute atomic E-state index is 12.2. The molecule has 4 aliphatic rings. The van der Waals surface area contributed by atoms with E-state index in [4.69, 9.17) is 4.74 Å². The number of ether oxygens (including phenoxy) is 1. The van der Waals surface area contributed by atoms with E-state index in [1.165, 1.54) is 57.8 Å². The third-order valence-electron chi connectivity index (χ3n) is 11.0. The van der Waals surface area contributed by atoms with Gasteiger partial charge >= 0.3 is 5.97 Å². The van der Waals surface area contributed by atoms with Crippen LogP contribution in [0, 0.1) is 46.3 Å². The zero-order valence-corrected chi connectivity index (χ0v) is 24.5. The van der Waals surface area contributed by atoms with Crippen LogP contribution in [0.3, 0.4) is 0 Å². The number of hydrogen-bond acceptors (Lipinski definition) is 2. The first-order valence-corrected chi connectivity index (χ1v) is 15.6. The fourth-order valence-electron chi connectivity index (χ4n) is 9.24. The fraction of sp³-hybridized carbons (Fsp3) is 0.903. The molecule has 3 saturated carbocycles. The minimum Gasteiger partial charge on any atom is -0.461 e. The first-order chi connectivity index (χ1) is 16.1. The van der Waals surface area contributed by atoms with Gasteiger partial charge in [-0.3, -0.25) is 4.79 Å². The fourth-order valence-corrected chi connectivity index (χ4v) is 10.3. The van der Waals surface area contributed by atoms with E-state index >= 15 is 0 Å². The van der Waals surface area contributed by atoms with Crippen molar-refractivity contribution in [2.75, 3.05) is 0 Å². The van der Waals surface area contributed by atoms with Crippen molar-refractivity contribution in [3.05, 3.63) is 11.6 Å². The van der Waals surface area contributed by atoms with Crippen molar-refractivity contribution in [2.24, 2.45) is 46.3 Å². The van der Waals surface area contributed by atoms with E-state index in [1.807, 2.05) is 6.92 Å². The number of fused-ring (bicyclic) bond motifs is 5. The second-order valence-corrected chi connectivity index (χ2v) is 14.4. The molecule has 1 unspecified atom stereocenters. The Bertz CT molecular complexity index is 759. The largest absolute Gasteiger partial charge is 0.461 e. The molecule has 34 heavy (non-hydrogen) atoms. The van der Waals surface area contributed by atoms with Gasteiger partial charge in [0.15, 0.2) is 0 Å². The highest BCUT2D eigenvalue weighted by molar-refractivity contribution is 9.09. The Kier molecular flexibility index (Phi) is 8.33. The molecule has 3 heteroatoms. The van der Waals surface area contributed by atoms with E-state index in [1.54, 1.807) is 5.57 Å². The number of hydrogen-bond donors (Lipinski definition) is 0. The average molecular weight is 536 g/mol. The lowest BCUT2D eigenvalue weighted by Gasteiger charge is -2.59. The number of rotatable bonds is 8. The molecule has 0 bridgehead atoms. The molecular weight excluding hydrogens is 484 g/mol. The van der Waals surface area contributed by atoms with Gasteiger partial charge in [-0.15, -0.1) is 0 Å². The van der Waals surface area contributed by atoms with Crippen LogP contribution in [0.1, 0.15) is 119 Å². The quantitative estimate of drug-likeness (QED) is 0.176. The summed E-state index contributed by atoms with van der Waals surface area (Å²) in [6, 6.07) is 0. The topological polar surface area (TPSA) is 26.3 Å². The van der Waals surface area contributed by atoms with Gasteiger partial charge in [-0.2, -0.15) is 0 Å². The number of esters is 1. The first-order valence-electron chi connectivity index (χ1n) is 14.7. The second-order valence-electron chi connectivity index (χ2n) is 13.4. The van der Waals surface area contributed by atoms with E-state index in [9.17, 15) is 4.79 Å². The lowest BCUT2D eigenvalue weighted by molar-refractivity contribution is -0.151. The van der Waals surface area contributed by atoms with Crippen molar-refractivity contribution in [2.45, 2.75) is 130 Å². The van der Waals surface area contributed by atoms with Crippen molar-refractivity contribution in [3.8, 4) is 0 Å². The maximum Gasteiger partial charge on any atom is 0.306 e. The minimum absolute atomic E-state index is 0.00586. The summed E-state index contributed by atoms with van der Waals surface area (Å²) < 4.78 is 5.92. The molecule has 3 fully saturated rings. The number of carbonyl (C=O) groups is 1. The van der Waals surface area contributed by atoms with Crippen molar-refractivity contribution in [1.82, 2.24) is 0 Å². The summed E-state index contributed by atoms with van der Waals surface area (Å²) in [5, 5.41) is 0. The number of alkyl halides is 1. The third-order valence-corrected chi connectivity index (χ3v) is 12.1. The van der Waals surface area contributed by atoms with Crippen LogP contribution in [0.4, 0.5) is 0 Å². The number of halogens is 1. The van der Waals surface area contributed by atoms with Gasteiger partial charge in [-0.1, -0.05) is 88.4 Å². The summed E-state index contributed by atoms with van der Waals surface area (Å²) in [6.07, 6.45) is 17.3. The van der Waals surface area contributed by atoms with Crippen LogP contribution >= 0.6 is 15.9 Å². The molecular formula is C31H51BrO2. The van der Waals surface area contributed by atoms with Gasteiger partial charge in [0.25, 0.3) is 0 Å². The van der Waals surface area contributed by atoms with Gasteiger partial charge < -0.3 is 4.74 Å². The van der Waals surface area contributed by atoms with Gasteiger partial charge in [0.05, 0.1) is 4.83 Å². The van der Waals surface area contributed by atoms with E-state index in [0.717, 1.165) is 48.3 Å². The average Bonchev–Trinajstić information content (AvgIpc) is 3.13. The molecule has 0 N–H and O–H groups in total. The summed E-state index contributed by atoms with van der Waals surface area (Å²) in [5.74, 6) is 5.14. The van der Waals surface area contributed by atoms with Gasteiger partial charge in [0.2, 0.25) is 0 Å². The van der Waals surface area contributed by atoms with E-state index in [-0.39, 0.29) is 22.3 Å². The SMILES string of the molecule is CCCC(=O)O[C@H]1CC[C@@]2(C)C(=CC[C@H]3[C@@H]4CC[C@H]([C@H](C)CCCC(C)C)[C@@]4(C)CC[C@@H]32)C1Br. The maximum atomic E-state index is 12.2. The molecule has 2 nitrogen and oxygen atoms in total. The predicted octanol–water partition coefficient (Wildman–Crippen LogP) is 9.11. The smallest absolute Gasteiger partial charge is 0.306 e. The van der Waals surface area contributed by atoms with E-state index in [2.05, 4.69) is 56.6 Å². The zero-order chi connectivity index (χ0) is 24.7. The third kappa shape index (κ3) is 4.82. The summed E-state index contributed by atoms with van der Waals surface area (Å²) in [5.41, 5.74) is 2.36. The predicted molar refractivity (Wildman–Crippen MR) is 146 cm³/mol. The normalized spacial score (nSPS) is 42.4. The molecule has 9 atom stereocenters. The molecule has 0 saturated heterocycles. The van der Waals surface area contributed by atoms with Crippen LogP contribution in [-0.4, -0.2) is 16.9 Å². The van der Waals surface area contributed by atoms with Crippen molar-refractivity contribution < 1.29 is 9.53 Å². The van der Waals surface area contributed by atoms with Crippen LogP contribution in [0.5, 0.6) is 0 Å². The van der Waals surface area contributed by atoms with Crippen molar-refractivity contribution in [1.29, 1.82) is 0 Å². The molecule has 4 rings (SSSR count). The second kappa shape index (κ2) is 10.6. The van der Waals surface area contributed by atoms with Crippen LogP contribution in [-0.2, 0) is 9.53 Å². The Morgan fingerprint density at radius 3 is 2.56 bits per heavy atom. The minimum atomic E-state index is -0.0252. The molecule has 0 aromatic carbocycles.